The van der Waals surface area contributed by atoms with Crippen LogP contribution in [0.15, 0.2) is 0 Å². The molecule has 0 radical (unpaired) electrons. The minimum atomic E-state index is -0.457. The lowest BCUT2D eigenvalue weighted by Gasteiger charge is -2.41. The maximum absolute atomic E-state index is 10.1. The largest absolute Gasteiger partial charge is 0.389 e. The molecule has 0 spiro atoms. The Labute approximate surface area is 118 Å². The first-order chi connectivity index (χ1) is 8.91. The number of hydrogen-bond donors (Lipinski definition) is 2. The Bertz CT molecular complexity index is 282. The number of rotatable bonds is 5. The monoisotopic (exact) mass is 268 g/mol. The van der Waals surface area contributed by atoms with Crippen molar-refractivity contribution in [3.05, 3.63) is 0 Å². The third-order valence-electron chi connectivity index (χ3n) is 4.89. The van der Waals surface area contributed by atoms with Crippen molar-refractivity contribution in [2.75, 3.05) is 26.2 Å². The van der Waals surface area contributed by atoms with Crippen LogP contribution >= 0.6 is 0 Å². The SMILES string of the molecule is CC(C)NCC1(CN2CCC(C)(O)C2)CCCCC1. The first-order valence-corrected chi connectivity index (χ1v) is 8.09. The van der Waals surface area contributed by atoms with Crippen LogP contribution in [0.25, 0.3) is 0 Å². The van der Waals surface area contributed by atoms with Gasteiger partial charge in [-0.05, 0) is 31.6 Å². The van der Waals surface area contributed by atoms with Crippen molar-refractivity contribution in [3.8, 4) is 0 Å². The third kappa shape index (κ3) is 4.44. The molecule has 1 heterocycles. The summed E-state index contributed by atoms with van der Waals surface area (Å²) in [6.45, 7) is 10.7. The fourth-order valence-electron chi connectivity index (χ4n) is 3.76. The van der Waals surface area contributed by atoms with Crippen LogP contribution in [0, 0.1) is 5.41 Å². The summed E-state index contributed by atoms with van der Waals surface area (Å²) in [5, 5.41) is 13.8. The second kappa shape index (κ2) is 6.11. The van der Waals surface area contributed by atoms with E-state index in [1.807, 2.05) is 6.92 Å². The van der Waals surface area contributed by atoms with Gasteiger partial charge in [0, 0.05) is 32.2 Å². The molecule has 0 aromatic rings. The molecule has 1 unspecified atom stereocenters. The van der Waals surface area contributed by atoms with E-state index in [9.17, 15) is 5.11 Å². The van der Waals surface area contributed by atoms with Gasteiger partial charge in [-0.2, -0.15) is 0 Å². The molecule has 1 saturated heterocycles. The van der Waals surface area contributed by atoms with Crippen molar-refractivity contribution >= 4 is 0 Å². The smallest absolute Gasteiger partial charge is 0.0758 e. The average Bonchev–Trinajstić information content (AvgIpc) is 2.67. The van der Waals surface area contributed by atoms with Gasteiger partial charge in [0.15, 0.2) is 0 Å². The topological polar surface area (TPSA) is 35.5 Å². The number of likely N-dealkylation sites (tertiary alicyclic amines) is 1. The van der Waals surface area contributed by atoms with Crippen LogP contribution in [0.3, 0.4) is 0 Å². The highest BCUT2D eigenvalue weighted by Gasteiger charge is 2.38. The summed E-state index contributed by atoms with van der Waals surface area (Å²) >= 11 is 0. The lowest BCUT2D eigenvalue weighted by Crippen LogP contribution is -2.47. The maximum Gasteiger partial charge on any atom is 0.0758 e. The third-order valence-corrected chi connectivity index (χ3v) is 4.89. The van der Waals surface area contributed by atoms with Gasteiger partial charge in [-0.3, -0.25) is 4.90 Å². The molecular weight excluding hydrogens is 236 g/mol. The summed E-state index contributed by atoms with van der Waals surface area (Å²) in [6.07, 6.45) is 7.80. The predicted molar refractivity (Wildman–Crippen MR) is 80.3 cm³/mol. The van der Waals surface area contributed by atoms with Crippen LogP contribution in [-0.4, -0.2) is 47.8 Å². The predicted octanol–water partition coefficient (Wildman–Crippen LogP) is 2.39. The Morgan fingerprint density at radius 3 is 2.37 bits per heavy atom. The van der Waals surface area contributed by atoms with E-state index in [2.05, 4.69) is 24.1 Å². The Hall–Kier alpha value is -0.120. The molecule has 2 aliphatic rings. The van der Waals surface area contributed by atoms with E-state index >= 15 is 0 Å². The van der Waals surface area contributed by atoms with Crippen LogP contribution in [-0.2, 0) is 0 Å². The number of nitrogens with zero attached hydrogens (tertiary/aromatic N) is 1. The summed E-state index contributed by atoms with van der Waals surface area (Å²) < 4.78 is 0. The Morgan fingerprint density at radius 1 is 1.16 bits per heavy atom. The Morgan fingerprint density at radius 2 is 1.84 bits per heavy atom. The van der Waals surface area contributed by atoms with E-state index in [-0.39, 0.29) is 0 Å². The van der Waals surface area contributed by atoms with Crippen LogP contribution in [0.2, 0.25) is 0 Å². The normalized spacial score (nSPS) is 32.1. The molecule has 112 valence electrons. The molecule has 19 heavy (non-hydrogen) atoms. The Kier molecular flexibility index (Phi) is 4.91. The van der Waals surface area contributed by atoms with Crippen LogP contribution in [0.1, 0.15) is 59.3 Å². The highest BCUT2D eigenvalue weighted by molar-refractivity contribution is 4.93. The van der Waals surface area contributed by atoms with E-state index in [1.165, 1.54) is 38.6 Å². The second-order valence-corrected chi connectivity index (χ2v) is 7.55. The molecule has 2 fully saturated rings. The fourth-order valence-corrected chi connectivity index (χ4v) is 3.76. The number of hydrogen-bond acceptors (Lipinski definition) is 3. The minimum Gasteiger partial charge on any atom is -0.389 e. The number of β-amino-alcohol motifs (C(OH)–C–C–N with tert-alkyl or cyclic N) is 1. The van der Waals surface area contributed by atoms with Gasteiger partial charge in [-0.1, -0.05) is 33.1 Å². The van der Waals surface area contributed by atoms with Crippen LogP contribution in [0.5, 0.6) is 0 Å². The molecule has 0 aromatic heterocycles. The summed E-state index contributed by atoms with van der Waals surface area (Å²) in [5.74, 6) is 0. The molecule has 3 heteroatoms. The van der Waals surface area contributed by atoms with Crippen molar-refractivity contribution in [1.82, 2.24) is 10.2 Å². The average molecular weight is 268 g/mol. The van der Waals surface area contributed by atoms with Gasteiger partial charge in [-0.25, -0.2) is 0 Å². The van der Waals surface area contributed by atoms with Gasteiger partial charge in [0.1, 0.15) is 0 Å². The molecule has 3 nitrogen and oxygen atoms in total. The zero-order valence-electron chi connectivity index (χ0n) is 13.0. The maximum atomic E-state index is 10.1. The summed E-state index contributed by atoms with van der Waals surface area (Å²) in [6, 6.07) is 0.570. The quantitative estimate of drug-likeness (QED) is 0.803. The number of aliphatic hydroxyl groups is 1. The summed E-state index contributed by atoms with van der Waals surface area (Å²) in [5.41, 5.74) is -0.00965. The van der Waals surface area contributed by atoms with Gasteiger partial charge in [0.2, 0.25) is 0 Å². The second-order valence-electron chi connectivity index (χ2n) is 7.55. The Balaban J connectivity index is 1.93. The summed E-state index contributed by atoms with van der Waals surface area (Å²) in [4.78, 5) is 2.49. The molecule has 1 atom stereocenters. The summed E-state index contributed by atoms with van der Waals surface area (Å²) in [7, 11) is 0. The molecule has 0 aromatic carbocycles. The fraction of sp³-hybridized carbons (Fsp3) is 1.00. The van der Waals surface area contributed by atoms with E-state index in [0.717, 1.165) is 26.1 Å². The van der Waals surface area contributed by atoms with Crippen molar-refractivity contribution in [3.63, 3.8) is 0 Å². The van der Waals surface area contributed by atoms with Gasteiger partial charge in [0.05, 0.1) is 5.60 Å². The van der Waals surface area contributed by atoms with Crippen LogP contribution < -0.4 is 5.32 Å². The van der Waals surface area contributed by atoms with E-state index < -0.39 is 5.60 Å². The first-order valence-electron chi connectivity index (χ1n) is 8.09. The highest BCUT2D eigenvalue weighted by atomic mass is 16.3. The van der Waals surface area contributed by atoms with Crippen molar-refractivity contribution in [1.29, 1.82) is 0 Å². The standard InChI is InChI=1S/C16H32N2O/c1-14(2)17-11-16(7-5-4-6-8-16)13-18-10-9-15(3,19)12-18/h14,17,19H,4-13H2,1-3H3. The van der Waals surface area contributed by atoms with Crippen LogP contribution in [0.4, 0.5) is 0 Å². The molecule has 1 aliphatic carbocycles. The van der Waals surface area contributed by atoms with Crippen molar-refractivity contribution in [2.45, 2.75) is 70.9 Å². The van der Waals surface area contributed by atoms with Crippen molar-refractivity contribution < 1.29 is 5.11 Å². The molecule has 0 bridgehead atoms. The number of nitrogens with one attached hydrogen (secondary N) is 1. The zero-order chi connectivity index (χ0) is 13.9. The molecule has 1 aliphatic heterocycles. The van der Waals surface area contributed by atoms with E-state index in [0.29, 0.717) is 11.5 Å². The van der Waals surface area contributed by atoms with Gasteiger partial charge < -0.3 is 10.4 Å². The highest BCUT2D eigenvalue weighted by Crippen LogP contribution is 2.38. The van der Waals surface area contributed by atoms with E-state index in [4.69, 9.17) is 0 Å². The van der Waals surface area contributed by atoms with Gasteiger partial charge >= 0.3 is 0 Å². The lowest BCUT2D eigenvalue weighted by atomic mass is 9.73. The minimum absolute atomic E-state index is 0.447. The van der Waals surface area contributed by atoms with E-state index in [1.54, 1.807) is 0 Å². The molecular formula is C16H32N2O. The lowest BCUT2D eigenvalue weighted by molar-refractivity contribution is 0.0535. The first kappa shape index (κ1) is 15.3. The van der Waals surface area contributed by atoms with Crippen molar-refractivity contribution in [2.24, 2.45) is 5.41 Å². The zero-order valence-corrected chi connectivity index (χ0v) is 13.0. The molecule has 2 rings (SSSR count). The van der Waals surface area contributed by atoms with Gasteiger partial charge in [-0.15, -0.1) is 0 Å². The van der Waals surface area contributed by atoms with Gasteiger partial charge in [0.25, 0.3) is 0 Å². The molecule has 2 N–H and O–H groups in total. The molecule has 1 saturated carbocycles. The molecule has 0 amide bonds.